The Hall–Kier alpha value is -0.530. The minimum atomic E-state index is -0.0873. The van der Waals surface area contributed by atoms with E-state index in [2.05, 4.69) is 13.8 Å². The molecule has 0 aromatic rings. The standard InChI is InChI=1S/C9H16O2/c1-3-5-6-9(4-2)7-11-8(9)10/h3-7H2,1-2H3. The van der Waals surface area contributed by atoms with Gasteiger partial charge in [-0.05, 0) is 12.8 Å². The van der Waals surface area contributed by atoms with Gasteiger partial charge in [-0.2, -0.15) is 0 Å². The van der Waals surface area contributed by atoms with E-state index >= 15 is 0 Å². The van der Waals surface area contributed by atoms with Gasteiger partial charge in [0.25, 0.3) is 0 Å². The van der Waals surface area contributed by atoms with E-state index in [1.54, 1.807) is 0 Å². The van der Waals surface area contributed by atoms with E-state index in [0.717, 1.165) is 25.7 Å². The Morgan fingerprint density at radius 1 is 1.55 bits per heavy atom. The Morgan fingerprint density at radius 2 is 2.27 bits per heavy atom. The average Bonchev–Trinajstić information content (AvgIpc) is 2.04. The van der Waals surface area contributed by atoms with Crippen LogP contribution < -0.4 is 0 Å². The summed E-state index contributed by atoms with van der Waals surface area (Å²) in [6, 6.07) is 0. The summed E-state index contributed by atoms with van der Waals surface area (Å²) >= 11 is 0. The molecule has 0 saturated carbocycles. The van der Waals surface area contributed by atoms with Gasteiger partial charge in [-0.3, -0.25) is 4.79 Å². The second kappa shape index (κ2) is 3.24. The largest absolute Gasteiger partial charge is 0.464 e. The molecule has 1 aliphatic rings. The second-order valence-electron chi connectivity index (χ2n) is 3.31. The van der Waals surface area contributed by atoms with Crippen LogP contribution in [-0.4, -0.2) is 12.6 Å². The second-order valence-corrected chi connectivity index (χ2v) is 3.31. The lowest BCUT2D eigenvalue weighted by Gasteiger charge is -2.38. The summed E-state index contributed by atoms with van der Waals surface area (Å²) in [6.07, 6.45) is 4.25. The van der Waals surface area contributed by atoms with Crippen LogP contribution in [0.15, 0.2) is 0 Å². The number of ether oxygens (including phenoxy) is 1. The molecule has 0 N–H and O–H groups in total. The maximum Gasteiger partial charge on any atom is 0.315 e. The van der Waals surface area contributed by atoms with Gasteiger partial charge in [-0.25, -0.2) is 0 Å². The Morgan fingerprint density at radius 3 is 2.55 bits per heavy atom. The fourth-order valence-corrected chi connectivity index (χ4v) is 1.45. The summed E-state index contributed by atoms with van der Waals surface area (Å²) in [6.45, 7) is 4.87. The molecule has 0 spiro atoms. The molecule has 1 saturated heterocycles. The van der Waals surface area contributed by atoms with Gasteiger partial charge < -0.3 is 4.74 Å². The fraction of sp³-hybridized carbons (Fsp3) is 0.889. The van der Waals surface area contributed by atoms with Crippen molar-refractivity contribution >= 4 is 5.97 Å². The maximum absolute atomic E-state index is 11.1. The van der Waals surface area contributed by atoms with Crippen LogP contribution in [-0.2, 0) is 9.53 Å². The molecule has 1 heterocycles. The smallest absolute Gasteiger partial charge is 0.315 e. The molecule has 64 valence electrons. The van der Waals surface area contributed by atoms with Crippen molar-refractivity contribution in [3.63, 3.8) is 0 Å². The van der Waals surface area contributed by atoms with Crippen molar-refractivity contribution in [1.29, 1.82) is 0 Å². The zero-order chi connectivity index (χ0) is 8.32. The Labute approximate surface area is 67.9 Å². The molecular weight excluding hydrogens is 140 g/mol. The van der Waals surface area contributed by atoms with Crippen molar-refractivity contribution in [3.8, 4) is 0 Å². The number of hydrogen-bond acceptors (Lipinski definition) is 2. The summed E-state index contributed by atoms with van der Waals surface area (Å²) in [4.78, 5) is 11.1. The van der Waals surface area contributed by atoms with E-state index in [1.165, 1.54) is 0 Å². The molecule has 2 nitrogen and oxygen atoms in total. The van der Waals surface area contributed by atoms with E-state index in [4.69, 9.17) is 4.74 Å². The molecule has 2 heteroatoms. The first-order valence-electron chi connectivity index (χ1n) is 4.42. The molecule has 1 rings (SSSR count). The SMILES string of the molecule is CCCCC1(CC)COC1=O. The molecule has 1 aliphatic heterocycles. The minimum absolute atomic E-state index is 0.0217. The predicted molar refractivity (Wildman–Crippen MR) is 43.2 cm³/mol. The number of carbonyl (C=O) groups excluding carboxylic acids is 1. The molecule has 0 bridgehead atoms. The molecule has 1 unspecified atom stereocenters. The molecule has 11 heavy (non-hydrogen) atoms. The molecule has 0 aromatic carbocycles. The molecule has 0 aromatic heterocycles. The first-order chi connectivity index (χ1) is 5.25. The number of hydrogen-bond donors (Lipinski definition) is 0. The van der Waals surface area contributed by atoms with Crippen LogP contribution in [0.25, 0.3) is 0 Å². The first kappa shape index (κ1) is 8.57. The number of esters is 1. The number of carbonyl (C=O) groups is 1. The van der Waals surface area contributed by atoms with Crippen molar-refractivity contribution in [2.24, 2.45) is 5.41 Å². The summed E-state index contributed by atoms with van der Waals surface area (Å²) in [5.74, 6) is 0.0217. The molecule has 0 radical (unpaired) electrons. The highest BCUT2D eigenvalue weighted by atomic mass is 16.6. The zero-order valence-corrected chi connectivity index (χ0v) is 7.35. The van der Waals surface area contributed by atoms with Gasteiger partial charge >= 0.3 is 5.97 Å². The predicted octanol–water partition coefficient (Wildman–Crippen LogP) is 2.13. The Balaban J connectivity index is 2.41. The van der Waals surface area contributed by atoms with Gasteiger partial charge in [0.15, 0.2) is 0 Å². The highest BCUT2D eigenvalue weighted by Crippen LogP contribution is 2.37. The highest BCUT2D eigenvalue weighted by molar-refractivity contribution is 5.81. The van der Waals surface area contributed by atoms with Crippen LogP contribution in [0, 0.1) is 5.41 Å². The van der Waals surface area contributed by atoms with Gasteiger partial charge in [-0.15, -0.1) is 0 Å². The van der Waals surface area contributed by atoms with E-state index < -0.39 is 0 Å². The summed E-state index contributed by atoms with van der Waals surface area (Å²) in [7, 11) is 0. The number of unbranched alkanes of at least 4 members (excludes halogenated alkanes) is 1. The van der Waals surface area contributed by atoms with Crippen LogP contribution in [0.4, 0.5) is 0 Å². The third-order valence-electron chi connectivity index (χ3n) is 2.60. The van der Waals surface area contributed by atoms with Crippen LogP contribution in [0.1, 0.15) is 39.5 Å². The van der Waals surface area contributed by atoms with Crippen molar-refractivity contribution < 1.29 is 9.53 Å². The monoisotopic (exact) mass is 156 g/mol. The molecule has 1 atom stereocenters. The van der Waals surface area contributed by atoms with Gasteiger partial charge in [-0.1, -0.05) is 26.7 Å². The van der Waals surface area contributed by atoms with Gasteiger partial charge in [0.2, 0.25) is 0 Å². The third-order valence-corrected chi connectivity index (χ3v) is 2.60. The molecule has 0 amide bonds. The Bertz CT molecular complexity index is 150. The van der Waals surface area contributed by atoms with Crippen LogP contribution in [0.3, 0.4) is 0 Å². The van der Waals surface area contributed by atoms with Gasteiger partial charge in [0.1, 0.15) is 12.0 Å². The maximum atomic E-state index is 11.1. The van der Waals surface area contributed by atoms with Crippen LogP contribution in [0.5, 0.6) is 0 Å². The van der Waals surface area contributed by atoms with Gasteiger partial charge in [0, 0.05) is 0 Å². The Kier molecular flexibility index (Phi) is 2.53. The molecule has 1 fully saturated rings. The molecular formula is C9H16O2. The lowest BCUT2D eigenvalue weighted by molar-refractivity contribution is -0.187. The quantitative estimate of drug-likeness (QED) is 0.583. The van der Waals surface area contributed by atoms with E-state index in [-0.39, 0.29) is 11.4 Å². The number of cyclic esters (lactones) is 1. The summed E-state index contributed by atoms with van der Waals surface area (Å²) in [5, 5.41) is 0. The highest BCUT2D eigenvalue weighted by Gasteiger charge is 2.46. The summed E-state index contributed by atoms with van der Waals surface area (Å²) in [5.41, 5.74) is -0.0873. The molecule has 0 aliphatic carbocycles. The van der Waals surface area contributed by atoms with Crippen LogP contribution >= 0.6 is 0 Å². The minimum Gasteiger partial charge on any atom is -0.464 e. The first-order valence-corrected chi connectivity index (χ1v) is 4.42. The van der Waals surface area contributed by atoms with E-state index in [9.17, 15) is 4.79 Å². The number of rotatable bonds is 4. The average molecular weight is 156 g/mol. The van der Waals surface area contributed by atoms with Gasteiger partial charge in [0.05, 0.1) is 0 Å². The van der Waals surface area contributed by atoms with Crippen molar-refractivity contribution in [2.75, 3.05) is 6.61 Å². The summed E-state index contributed by atoms with van der Waals surface area (Å²) < 4.78 is 4.80. The van der Waals surface area contributed by atoms with Crippen molar-refractivity contribution in [3.05, 3.63) is 0 Å². The topological polar surface area (TPSA) is 26.3 Å². The van der Waals surface area contributed by atoms with Crippen molar-refractivity contribution in [2.45, 2.75) is 39.5 Å². The lowest BCUT2D eigenvalue weighted by atomic mass is 9.78. The fourth-order valence-electron chi connectivity index (χ4n) is 1.45. The van der Waals surface area contributed by atoms with Crippen LogP contribution in [0.2, 0.25) is 0 Å². The third kappa shape index (κ3) is 1.39. The zero-order valence-electron chi connectivity index (χ0n) is 7.35. The lowest BCUT2D eigenvalue weighted by Crippen LogP contribution is -2.47. The van der Waals surface area contributed by atoms with E-state index in [0.29, 0.717) is 6.61 Å². The normalized spacial score (nSPS) is 29.5. The van der Waals surface area contributed by atoms with Crippen molar-refractivity contribution in [1.82, 2.24) is 0 Å². The van der Waals surface area contributed by atoms with E-state index in [1.807, 2.05) is 0 Å².